The molecule has 0 fully saturated rings. The lowest BCUT2D eigenvalue weighted by Gasteiger charge is -2.03. The smallest absolute Gasteiger partial charge is 0.366 e. The van der Waals surface area contributed by atoms with Crippen molar-refractivity contribution in [2.45, 2.75) is 65.5 Å². The standard InChI is InChI=1S/C8H8FNO.C8H18.C6H4F3NO/c1-5-2-3-6(9)4-7(5)8(10)11;1-3-5-7-8-6-4-2;7-6(8,9)4-1-2-5(11)10-3-4/h2-4H,1H3,(H2,10,11);3-8H2,1-2H3;1-3H,(H,10,11). The molecule has 0 radical (unpaired) electrons. The van der Waals surface area contributed by atoms with Gasteiger partial charge >= 0.3 is 6.18 Å². The van der Waals surface area contributed by atoms with E-state index >= 15 is 0 Å². The van der Waals surface area contributed by atoms with E-state index in [1.165, 1.54) is 50.7 Å². The molecule has 0 saturated carbocycles. The van der Waals surface area contributed by atoms with Gasteiger partial charge in [-0.1, -0.05) is 58.4 Å². The maximum atomic E-state index is 12.5. The Hall–Kier alpha value is -2.64. The number of unbranched alkanes of at least 4 members (excludes halogenated alkanes) is 5. The number of carbonyl (C=O) groups is 1. The van der Waals surface area contributed by atoms with Crippen LogP contribution < -0.4 is 11.3 Å². The average molecular weight is 430 g/mol. The highest BCUT2D eigenvalue weighted by Gasteiger charge is 2.30. The van der Waals surface area contributed by atoms with E-state index in [-0.39, 0.29) is 5.56 Å². The number of halogens is 4. The molecule has 0 aliphatic carbocycles. The van der Waals surface area contributed by atoms with Crippen molar-refractivity contribution in [3.8, 4) is 0 Å². The van der Waals surface area contributed by atoms with Crippen LogP contribution in [0.4, 0.5) is 17.6 Å². The first-order valence-electron chi connectivity index (χ1n) is 9.84. The zero-order valence-electron chi connectivity index (χ0n) is 17.6. The number of nitrogens with one attached hydrogen (secondary N) is 1. The van der Waals surface area contributed by atoms with E-state index in [9.17, 15) is 27.2 Å². The lowest BCUT2D eigenvalue weighted by atomic mass is 10.1. The number of amides is 1. The van der Waals surface area contributed by atoms with E-state index in [0.29, 0.717) is 11.8 Å². The Morgan fingerprint density at radius 3 is 1.93 bits per heavy atom. The molecule has 0 saturated heterocycles. The molecule has 8 heteroatoms. The molecule has 1 amide bonds. The number of nitrogens with two attached hydrogens (primary N) is 1. The van der Waals surface area contributed by atoms with Crippen LogP contribution in [0.5, 0.6) is 0 Å². The molecule has 0 spiro atoms. The van der Waals surface area contributed by atoms with E-state index in [1.807, 2.05) is 4.98 Å². The Balaban J connectivity index is 0.000000428. The lowest BCUT2D eigenvalue weighted by molar-refractivity contribution is -0.137. The zero-order valence-corrected chi connectivity index (χ0v) is 17.6. The van der Waals surface area contributed by atoms with Crippen LogP contribution in [0.25, 0.3) is 0 Å². The number of hydrogen-bond donors (Lipinski definition) is 2. The van der Waals surface area contributed by atoms with E-state index < -0.39 is 29.0 Å². The van der Waals surface area contributed by atoms with Gasteiger partial charge in [0.05, 0.1) is 5.56 Å². The number of pyridine rings is 1. The fourth-order valence-corrected chi connectivity index (χ4v) is 2.30. The van der Waals surface area contributed by atoms with Crippen LogP contribution in [0.15, 0.2) is 41.3 Å². The lowest BCUT2D eigenvalue weighted by Crippen LogP contribution is -2.12. The third kappa shape index (κ3) is 12.0. The summed E-state index contributed by atoms with van der Waals surface area (Å²) in [6.45, 7) is 6.22. The molecule has 1 aromatic carbocycles. The van der Waals surface area contributed by atoms with E-state index in [4.69, 9.17) is 5.73 Å². The molecule has 168 valence electrons. The molecule has 0 aliphatic heterocycles. The topological polar surface area (TPSA) is 76.0 Å². The molecule has 0 unspecified atom stereocenters. The first kappa shape index (κ1) is 27.4. The number of rotatable bonds is 6. The summed E-state index contributed by atoms with van der Waals surface area (Å²) >= 11 is 0. The summed E-state index contributed by atoms with van der Waals surface area (Å²) in [6.07, 6.45) is 4.74. The van der Waals surface area contributed by atoms with Gasteiger partial charge in [0.1, 0.15) is 5.82 Å². The Bertz CT molecular complexity index is 791. The number of benzene rings is 1. The number of aromatic amines is 1. The Labute approximate surface area is 174 Å². The molecule has 30 heavy (non-hydrogen) atoms. The van der Waals surface area contributed by atoms with Gasteiger partial charge in [0.15, 0.2) is 0 Å². The van der Waals surface area contributed by atoms with E-state index in [2.05, 4.69) is 13.8 Å². The van der Waals surface area contributed by atoms with Gasteiger partial charge in [0.2, 0.25) is 11.5 Å². The minimum absolute atomic E-state index is 0.241. The van der Waals surface area contributed by atoms with Crippen molar-refractivity contribution >= 4 is 5.91 Å². The van der Waals surface area contributed by atoms with E-state index in [0.717, 1.165) is 18.2 Å². The van der Waals surface area contributed by atoms with Gasteiger partial charge in [-0.15, -0.1) is 0 Å². The first-order valence-corrected chi connectivity index (χ1v) is 9.84. The quantitative estimate of drug-likeness (QED) is 0.436. The summed E-state index contributed by atoms with van der Waals surface area (Å²) in [5, 5.41) is 0. The van der Waals surface area contributed by atoms with Gasteiger partial charge in [-0.3, -0.25) is 9.59 Å². The highest BCUT2D eigenvalue weighted by molar-refractivity contribution is 5.94. The SMILES string of the molecule is CCCCCCCC.Cc1ccc(F)cc1C(N)=O.O=c1ccc(C(F)(F)F)c[nH]1. The third-order valence-corrected chi connectivity index (χ3v) is 4.03. The summed E-state index contributed by atoms with van der Waals surface area (Å²) in [7, 11) is 0. The molecule has 1 heterocycles. The Morgan fingerprint density at radius 1 is 1.00 bits per heavy atom. The zero-order chi connectivity index (χ0) is 23.2. The van der Waals surface area contributed by atoms with Gasteiger partial charge in [0, 0.05) is 17.8 Å². The number of aryl methyl sites for hydroxylation is 1. The summed E-state index contributed by atoms with van der Waals surface area (Å²) in [5.74, 6) is -1.04. The Kier molecular flexibility index (Phi) is 13.1. The highest BCUT2D eigenvalue weighted by atomic mass is 19.4. The van der Waals surface area contributed by atoms with Crippen molar-refractivity contribution in [1.29, 1.82) is 0 Å². The molecule has 0 aliphatic rings. The van der Waals surface area contributed by atoms with Crippen LogP contribution in [0.1, 0.15) is 73.9 Å². The highest BCUT2D eigenvalue weighted by Crippen LogP contribution is 2.27. The maximum Gasteiger partial charge on any atom is 0.417 e. The second-order valence-electron chi connectivity index (χ2n) is 6.68. The van der Waals surface area contributed by atoms with E-state index in [1.54, 1.807) is 6.92 Å². The van der Waals surface area contributed by atoms with Crippen molar-refractivity contribution in [2.24, 2.45) is 5.73 Å². The van der Waals surface area contributed by atoms with Crippen LogP contribution >= 0.6 is 0 Å². The number of aromatic nitrogens is 1. The summed E-state index contributed by atoms with van der Waals surface area (Å²) < 4.78 is 47.9. The monoisotopic (exact) mass is 430 g/mol. The summed E-state index contributed by atoms with van der Waals surface area (Å²) in [6, 6.07) is 5.52. The third-order valence-electron chi connectivity index (χ3n) is 4.03. The van der Waals surface area contributed by atoms with Gasteiger partial charge in [-0.05, 0) is 30.7 Å². The molecule has 2 aromatic rings. The second kappa shape index (κ2) is 14.4. The molecular weight excluding hydrogens is 400 g/mol. The molecule has 3 N–H and O–H groups in total. The number of hydrogen-bond acceptors (Lipinski definition) is 2. The average Bonchev–Trinajstić information content (AvgIpc) is 2.68. The number of primary amides is 1. The predicted octanol–water partition coefficient (Wildman–Crippen LogP) is 5.99. The maximum absolute atomic E-state index is 12.5. The van der Waals surface area contributed by atoms with Crippen LogP contribution in [-0.2, 0) is 6.18 Å². The minimum atomic E-state index is -4.38. The Morgan fingerprint density at radius 2 is 1.57 bits per heavy atom. The van der Waals surface area contributed by atoms with Crippen molar-refractivity contribution in [1.82, 2.24) is 4.98 Å². The number of H-pyrrole nitrogens is 1. The minimum Gasteiger partial charge on any atom is -0.366 e. The summed E-state index contributed by atoms with van der Waals surface area (Å²) in [5.41, 5.74) is 4.52. The molecular formula is C22H30F4N2O2. The van der Waals surface area contributed by atoms with Crippen LogP contribution in [-0.4, -0.2) is 10.9 Å². The van der Waals surface area contributed by atoms with Gasteiger partial charge in [0.25, 0.3) is 0 Å². The molecule has 1 aromatic heterocycles. The second-order valence-corrected chi connectivity index (χ2v) is 6.68. The molecule has 0 atom stereocenters. The van der Waals surface area contributed by atoms with Crippen molar-refractivity contribution in [2.75, 3.05) is 0 Å². The van der Waals surface area contributed by atoms with Gasteiger partial charge < -0.3 is 10.7 Å². The normalized spacial score (nSPS) is 10.4. The van der Waals surface area contributed by atoms with Crippen molar-refractivity contribution in [3.05, 3.63) is 69.4 Å². The number of carbonyl (C=O) groups excluding carboxylic acids is 1. The summed E-state index contributed by atoms with van der Waals surface area (Å²) in [4.78, 5) is 22.9. The van der Waals surface area contributed by atoms with Gasteiger partial charge in [-0.2, -0.15) is 13.2 Å². The fourth-order valence-electron chi connectivity index (χ4n) is 2.30. The van der Waals surface area contributed by atoms with Crippen LogP contribution in [0.3, 0.4) is 0 Å². The number of alkyl halides is 3. The largest absolute Gasteiger partial charge is 0.417 e. The fraction of sp³-hybridized carbons (Fsp3) is 0.455. The van der Waals surface area contributed by atoms with Crippen LogP contribution in [0.2, 0.25) is 0 Å². The van der Waals surface area contributed by atoms with Gasteiger partial charge in [-0.25, -0.2) is 4.39 Å². The molecule has 4 nitrogen and oxygen atoms in total. The van der Waals surface area contributed by atoms with Crippen molar-refractivity contribution in [3.63, 3.8) is 0 Å². The molecule has 2 rings (SSSR count). The van der Waals surface area contributed by atoms with Crippen LogP contribution in [0, 0.1) is 12.7 Å². The predicted molar refractivity (Wildman–Crippen MR) is 111 cm³/mol. The molecule has 0 bridgehead atoms. The van der Waals surface area contributed by atoms with Crippen molar-refractivity contribution < 1.29 is 22.4 Å². The first-order chi connectivity index (χ1) is 14.0.